The molecule has 0 amide bonds. The van der Waals surface area contributed by atoms with Gasteiger partial charge in [0.1, 0.15) is 0 Å². The third kappa shape index (κ3) is 3.45. The Balaban J connectivity index is 1.96. The van der Waals surface area contributed by atoms with Crippen LogP contribution in [0.5, 0.6) is 0 Å². The van der Waals surface area contributed by atoms with Crippen LogP contribution < -0.4 is 0 Å². The van der Waals surface area contributed by atoms with Gasteiger partial charge in [-0.25, -0.2) is 8.42 Å². The van der Waals surface area contributed by atoms with Crippen LogP contribution in [0.4, 0.5) is 0 Å². The van der Waals surface area contributed by atoms with Gasteiger partial charge in [0.2, 0.25) is 10.0 Å². The molecule has 3 nitrogen and oxygen atoms in total. The van der Waals surface area contributed by atoms with E-state index in [0.717, 1.165) is 24.8 Å². The maximum Gasteiger partial charge on any atom is 0.243 e. The molecule has 1 fully saturated rings. The molecule has 0 spiro atoms. The molecular weight excluding hydrogens is 318 g/mol. The van der Waals surface area contributed by atoms with Crippen molar-refractivity contribution < 1.29 is 8.42 Å². The van der Waals surface area contributed by atoms with Gasteiger partial charge in [0.25, 0.3) is 0 Å². The minimum absolute atomic E-state index is 0.125. The molecule has 24 heavy (non-hydrogen) atoms. The summed E-state index contributed by atoms with van der Waals surface area (Å²) in [6.45, 7) is 6.77. The standard InChI is InChI=1S/C20H29NO2S/c1-15-9-11-19(12-10-15)24(22,23)21-14-17(3)16(2)13-20(21)18-7-5-4-6-8-18/h9-12,18,20H,4-8,13-14H2,1-3H3. The van der Waals surface area contributed by atoms with Crippen LogP contribution in [-0.4, -0.2) is 25.3 Å². The monoisotopic (exact) mass is 347 g/mol. The topological polar surface area (TPSA) is 37.4 Å². The van der Waals surface area contributed by atoms with Crippen molar-refractivity contribution >= 4 is 10.0 Å². The number of rotatable bonds is 3. The highest BCUT2D eigenvalue weighted by atomic mass is 32.2. The van der Waals surface area contributed by atoms with Crippen LogP contribution in [0.1, 0.15) is 57.9 Å². The Bertz CT molecular complexity index is 713. The van der Waals surface area contributed by atoms with Crippen molar-refractivity contribution in [1.82, 2.24) is 4.31 Å². The maximum absolute atomic E-state index is 13.3. The van der Waals surface area contributed by atoms with Gasteiger partial charge in [0.05, 0.1) is 4.90 Å². The summed E-state index contributed by atoms with van der Waals surface area (Å²) in [4.78, 5) is 0.432. The summed E-state index contributed by atoms with van der Waals surface area (Å²) in [7, 11) is -3.43. The largest absolute Gasteiger partial charge is 0.243 e. The van der Waals surface area contributed by atoms with Crippen LogP contribution in [0.2, 0.25) is 0 Å². The molecule has 2 aliphatic rings. The summed E-state index contributed by atoms with van der Waals surface area (Å²) >= 11 is 0. The van der Waals surface area contributed by atoms with E-state index in [1.807, 2.05) is 19.1 Å². The number of hydrogen-bond acceptors (Lipinski definition) is 2. The fourth-order valence-electron chi connectivity index (χ4n) is 4.11. The summed E-state index contributed by atoms with van der Waals surface area (Å²) in [5.74, 6) is 0.502. The quantitative estimate of drug-likeness (QED) is 0.745. The molecule has 4 heteroatoms. The van der Waals surface area contributed by atoms with Gasteiger partial charge in [0.15, 0.2) is 0 Å². The molecule has 1 saturated carbocycles. The number of sulfonamides is 1. The molecule has 1 aliphatic carbocycles. The van der Waals surface area contributed by atoms with Crippen molar-refractivity contribution in [2.24, 2.45) is 5.92 Å². The van der Waals surface area contributed by atoms with Gasteiger partial charge in [0, 0.05) is 12.6 Å². The average molecular weight is 348 g/mol. The van der Waals surface area contributed by atoms with Crippen LogP contribution in [0.25, 0.3) is 0 Å². The van der Waals surface area contributed by atoms with E-state index in [4.69, 9.17) is 0 Å². The lowest BCUT2D eigenvalue weighted by Gasteiger charge is -2.41. The van der Waals surface area contributed by atoms with Crippen LogP contribution in [0, 0.1) is 12.8 Å². The lowest BCUT2D eigenvalue weighted by atomic mass is 9.80. The first-order valence-electron chi connectivity index (χ1n) is 9.13. The highest BCUT2D eigenvalue weighted by Gasteiger charge is 2.39. The second-order valence-electron chi connectivity index (χ2n) is 7.59. The van der Waals surface area contributed by atoms with Gasteiger partial charge >= 0.3 is 0 Å². The van der Waals surface area contributed by atoms with E-state index in [-0.39, 0.29) is 6.04 Å². The molecule has 1 aliphatic heterocycles. The average Bonchev–Trinajstić information content (AvgIpc) is 2.58. The Morgan fingerprint density at radius 1 is 0.917 bits per heavy atom. The predicted octanol–water partition coefficient (Wildman–Crippen LogP) is 4.67. The zero-order valence-electron chi connectivity index (χ0n) is 15.1. The second-order valence-corrected chi connectivity index (χ2v) is 9.48. The highest BCUT2D eigenvalue weighted by molar-refractivity contribution is 7.89. The zero-order valence-corrected chi connectivity index (χ0v) is 15.9. The Hall–Kier alpha value is -1.13. The first-order valence-corrected chi connectivity index (χ1v) is 10.6. The van der Waals surface area contributed by atoms with Gasteiger partial charge in [-0.2, -0.15) is 4.31 Å². The molecule has 1 heterocycles. The minimum Gasteiger partial charge on any atom is -0.207 e. The molecule has 0 bridgehead atoms. The van der Waals surface area contributed by atoms with Gasteiger partial charge in [-0.05, 0) is 58.1 Å². The maximum atomic E-state index is 13.3. The normalized spacial score (nSPS) is 24.4. The van der Waals surface area contributed by atoms with Crippen molar-refractivity contribution in [2.45, 2.75) is 70.2 Å². The third-order valence-electron chi connectivity index (χ3n) is 5.83. The fraction of sp³-hybridized carbons (Fsp3) is 0.600. The van der Waals surface area contributed by atoms with Gasteiger partial charge < -0.3 is 0 Å². The predicted molar refractivity (Wildman–Crippen MR) is 98.4 cm³/mol. The summed E-state index contributed by atoms with van der Waals surface area (Å²) in [5, 5.41) is 0. The van der Waals surface area contributed by atoms with E-state index in [1.54, 1.807) is 16.4 Å². The molecular formula is C20H29NO2S. The SMILES string of the molecule is CC1=C(C)CN(S(=O)(=O)c2ccc(C)cc2)C(C2CCCCC2)C1. The van der Waals surface area contributed by atoms with E-state index in [9.17, 15) is 8.42 Å². The van der Waals surface area contributed by atoms with Crippen molar-refractivity contribution in [3.05, 3.63) is 41.0 Å². The van der Waals surface area contributed by atoms with E-state index in [2.05, 4.69) is 13.8 Å². The van der Waals surface area contributed by atoms with E-state index < -0.39 is 10.0 Å². The van der Waals surface area contributed by atoms with Crippen LogP contribution in [0.3, 0.4) is 0 Å². The minimum atomic E-state index is -3.43. The summed E-state index contributed by atoms with van der Waals surface area (Å²) in [6.07, 6.45) is 6.99. The molecule has 0 aromatic heterocycles. The van der Waals surface area contributed by atoms with Gasteiger partial charge in [-0.15, -0.1) is 0 Å². The fourth-order valence-corrected chi connectivity index (χ4v) is 5.82. The summed E-state index contributed by atoms with van der Waals surface area (Å²) in [5.41, 5.74) is 3.67. The van der Waals surface area contributed by atoms with E-state index >= 15 is 0 Å². The Morgan fingerprint density at radius 2 is 1.54 bits per heavy atom. The first kappa shape index (κ1) is 17.7. The second kappa shape index (κ2) is 7.01. The molecule has 0 radical (unpaired) electrons. The zero-order chi connectivity index (χ0) is 17.3. The van der Waals surface area contributed by atoms with E-state index in [0.29, 0.717) is 17.4 Å². The molecule has 1 aromatic rings. The van der Waals surface area contributed by atoms with Crippen LogP contribution in [-0.2, 0) is 10.0 Å². The highest BCUT2D eigenvalue weighted by Crippen LogP contribution is 2.38. The number of nitrogens with zero attached hydrogens (tertiary/aromatic N) is 1. The van der Waals surface area contributed by atoms with Gasteiger partial charge in [-0.1, -0.05) is 48.1 Å². The van der Waals surface area contributed by atoms with Crippen molar-refractivity contribution in [3.63, 3.8) is 0 Å². The molecule has 3 rings (SSSR count). The number of benzene rings is 1. The first-order chi connectivity index (χ1) is 11.4. The van der Waals surface area contributed by atoms with Crippen molar-refractivity contribution in [3.8, 4) is 0 Å². The number of hydrogen-bond donors (Lipinski definition) is 0. The summed E-state index contributed by atoms with van der Waals surface area (Å²) < 4.78 is 28.4. The lowest BCUT2D eigenvalue weighted by molar-refractivity contribution is 0.188. The molecule has 0 saturated heterocycles. The smallest absolute Gasteiger partial charge is 0.207 e. The number of aryl methyl sites for hydroxylation is 1. The van der Waals surface area contributed by atoms with Gasteiger partial charge in [-0.3, -0.25) is 0 Å². The van der Waals surface area contributed by atoms with Crippen LogP contribution in [0.15, 0.2) is 40.3 Å². The Labute approximate surface area is 146 Å². The van der Waals surface area contributed by atoms with Crippen molar-refractivity contribution in [2.75, 3.05) is 6.54 Å². The van der Waals surface area contributed by atoms with E-state index in [1.165, 1.54) is 30.4 Å². The molecule has 132 valence electrons. The molecule has 0 N–H and O–H groups in total. The molecule has 1 unspecified atom stereocenters. The van der Waals surface area contributed by atoms with Crippen molar-refractivity contribution in [1.29, 1.82) is 0 Å². The Kier molecular flexibility index (Phi) is 5.16. The molecule has 1 aromatic carbocycles. The third-order valence-corrected chi connectivity index (χ3v) is 7.71. The van der Waals surface area contributed by atoms with Crippen LogP contribution >= 0.6 is 0 Å². The molecule has 1 atom stereocenters. The summed E-state index contributed by atoms with van der Waals surface area (Å²) in [6, 6.07) is 7.41. The lowest BCUT2D eigenvalue weighted by Crippen LogP contribution is -2.48. The Morgan fingerprint density at radius 3 is 2.17 bits per heavy atom.